The van der Waals surface area contributed by atoms with Gasteiger partial charge in [0.15, 0.2) is 0 Å². The van der Waals surface area contributed by atoms with Gasteiger partial charge >= 0.3 is 12.1 Å². The minimum absolute atomic E-state index is 0.362. The highest BCUT2D eigenvalue weighted by Crippen LogP contribution is 2.11. The molecule has 0 radical (unpaired) electrons. The molecule has 118 valence electrons. The monoisotopic (exact) mass is 320 g/mol. The fourth-order valence-corrected chi connectivity index (χ4v) is 1.82. The van der Waals surface area contributed by atoms with Gasteiger partial charge in [0.2, 0.25) is 5.91 Å². The van der Waals surface area contributed by atoms with Crippen LogP contribution >= 0.6 is 0 Å². The molecule has 0 aliphatic rings. The lowest BCUT2D eigenvalue weighted by atomic mass is 10.2. The Bertz CT molecular complexity index is 449. The van der Waals surface area contributed by atoms with Crippen LogP contribution < -0.4 is 10.6 Å². The summed E-state index contributed by atoms with van der Waals surface area (Å²) in [6, 6.07) is -1.47. The van der Waals surface area contributed by atoms with Crippen LogP contribution in [0, 0.1) is 0 Å². The Morgan fingerprint density at radius 1 is 1.30 bits per heavy atom. The number of hydrogen-bond donors (Lipinski definition) is 3. The molecule has 0 bridgehead atoms. The maximum atomic E-state index is 11.8. The van der Waals surface area contributed by atoms with Crippen LogP contribution in [0.4, 0.5) is 13.2 Å². The summed E-state index contributed by atoms with van der Waals surface area (Å²) in [6.07, 6.45) is -3.94. The number of carbonyl (C=O) groups is 2. The Morgan fingerprint density at radius 2 is 1.85 bits per heavy atom. The third-order valence-electron chi connectivity index (χ3n) is 2.02. The summed E-state index contributed by atoms with van der Waals surface area (Å²) < 4.78 is 57.1. The molecule has 0 spiro atoms. The van der Waals surface area contributed by atoms with E-state index < -0.39 is 52.8 Å². The zero-order chi connectivity index (χ0) is 16.0. The lowest BCUT2D eigenvalue weighted by molar-refractivity contribution is -0.142. The molecule has 0 fully saturated rings. The van der Waals surface area contributed by atoms with E-state index in [2.05, 4.69) is 0 Å². The Balaban J connectivity index is 4.25. The summed E-state index contributed by atoms with van der Waals surface area (Å²) in [5.41, 5.74) is 0. The van der Waals surface area contributed by atoms with E-state index >= 15 is 0 Å². The Morgan fingerprint density at radius 3 is 2.25 bits per heavy atom. The van der Waals surface area contributed by atoms with Gasteiger partial charge in [0.1, 0.15) is 15.9 Å². The molecule has 0 aromatic carbocycles. The Labute approximate surface area is 113 Å². The predicted octanol–water partition coefficient (Wildman–Crippen LogP) is -0.858. The van der Waals surface area contributed by atoms with Crippen LogP contribution in [0.15, 0.2) is 0 Å². The first-order valence-corrected chi connectivity index (χ1v) is 7.44. The summed E-state index contributed by atoms with van der Waals surface area (Å²) in [4.78, 5) is 22.0. The van der Waals surface area contributed by atoms with Crippen molar-refractivity contribution in [2.24, 2.45) is 0 Å². The van der Waals surface area contributed by atoms with Crippen LogP contribution in [0.1, 0.15) is 6.42 Å². The molecule has 0 aromatic heterocycles. The van der Waals surface area contributed by atoms with Crippen LogP contribution in [0.5, 0.6) is 0 Å². The van der Waals surface area contributed by atoms with Gasteiger partial charge in [-0.3, -0.25) is 4.79 Å². The quantitative estimate of drug-likeness (QED) is 0.536. The highest BCUT2D eigenvalue weighted by Gasteiger charge is 2.27. The van der Waals surface area contributed by atoms with Gasteiger partial charge in [-0.05, 0) is 6.42 Å². The Hall–Kier alpha value is -1.36. The van der Waals surface area contributed by atoms with Crippen molar-refractivity contribution in [3.05, 3.63) is 0 Å². The molecule has 0 heterocycles. The third kappa shape index (κ3) is 10.6. The molecular formula is C9H15F3N2O5S. The fraction of sp³-hybridized carbons (Fsp3) is 0.778. The number of nitrogens with one attached hydrogen (secondary N) is 2. The number of aliphatic carboxylic acids is 1. The van der Waals surface area contributed by atoms with Crippen molar-refractivity contribution >= 4 is 21.7 Å². The largest absolute Gasteiger partial charge is 0.480 e. The molecule has 20 heavy (non-hydrogen) atoms. The predicted molar refractivity (Wildman–Crippen MR) is 62.8 cm³/mol. The van der Waals surface area contributed by atoms with Gasteiger partial charge < -0.3 is 15.7 Å². The summed E-state index contributed by atoms with van der Waals surface area (Å²) >= 11 is 0. The van der Waals surface area contributed by atoms with Crippen molar-refractivity contribution in [1.82, 2.24) is 10.6 Å². The molecular weight excluding hydrogens is 305 g/mol. The van der Waals surface area contributed by atoms with Crippen LogP contribution in [-0.2, 0) is 19.4 Å². The van der Waals surface area contributed by atoms with Crippen molar-refractivity contribution in [3.8, 4) is 0 Å². The number of hydrogen-bond acceptors (Lipinski definition) is 5. The first-order valence-electron chi connectivity index (χ1n) is 5.38. The summed E-state index contributed by atoms with van der Waals surface area (Å²) in [5, 5.41) is 12.5. The van der Waals surface area contributed by atoms with E-state index in [9.17, 15) is 31.2 Å². The van der Waals surface area contributed by atoms with E-state index in [0.717, 1.165) is 6.26 Å². The van der Waals surface area contributed by atoms with Crippen molar-refractivity contribution in [3.63, 3.8) is 0 Å². The highest BCUT2D eigenvalue weighted by atomic mass is 32.2. The van der Waals surface area contributed by atoms with Gasteiger partial charge in [0.05, 0.1) is 18.8 Å². The molecule has 7 nitrogen and oxygen atoms in total. The molecule has 1 amide bonds. The summed E-state index contributed by atoms with van der Waals surface area (Å²) in [7, 11) is -3.40. The van der Waals surface area contributed by atoms with Crippen LogP contribution in [0.2, 0.25) is 0 Å². The normalized spacial score (nSPS) is 13.8. The number of carbonyl (C=O) groups excluding carboxylic acids is 1. The van der Waals surface area contributed by atoms with Crippen LogP contribution in [-0.4, -0.2) is 62.7 Å². The minimum atomic E-state index is -4.48. The fourth-order valence-electron chi connectivity index (χ4n) is 1.15. The lowest BCUT2D eigenvalue weighted by Gasteiger charge is -2.14. The first-order chi connectivity index (χ1) is 8.91. The molecule has 1 atom stereocenters. The van der Waals surface area contributed by atoms with Gasteiger partial charge in [0, 0.05) is 6.26 Å². The lowest BCUT2D eigenvalue weighted by Crippen LogP contribution is -2.46. The standard InChI is InChI=1S/C9H15F3N2O5S/c1-20(18,19)3-2-6(8(16)17)14-7(15)4-13-5-9(10,11)12/h6,13H,2-5H2,1H3,(H,14,15)(H,16,17). The van der Waals surface area contributed by atoms with E-state index in [1.807, 2.05) is 5.32 Å². The van der Waals surface area contributed by atoms with E-state index in [-0.39, 0.29) is 6.42 Å². The Kier molecular flexibility index (Phi) is 6.92. The van der Waals surface area contributed by atoms with Crippen LogP contribution in [0.3, 0.4) is 0 Å². The number of amides is 1. The number of carboxylic acids is 1. The van der Waals surface area contributed by atoms with Crippen LogP contribution in [0.25, 0.3) is 0 Å². The number of carboxylic acid groups (broad SMARTS) is 1. The van der Waals surface area contributed by atoms with Gasteiger partial charge in [-0.25, -0.2) is 13.2 Å². The van der Waals surface area contributed by atoms with Gasteiger partial charge in [-0.15, -0.1) is 0 Å². The molecule has 1 unspecified atom stereocenters. The van der Waals surface area contributed by atoms with Gasteiger partial charge in [-0.1, -0.05) is 0 Å². The molecule has 0 aliphatic carbocycles. The van der Waals surface area contributed by atoms with E-state index in [0.29, 0.717) is 0 Å². The first kappa shape index (κ1) is 18.6. The maximum Gasteiger partial charge on any atom is 0.401 e. The summed E-state index contributed by atoms with van der Waals surface area (Å²) in [6.45, 7) is -2.11. The van der Waals surface area contributed by atoms with Gasteiger partial charge in [-0.2, -0.15) is 13.2 Å². The topological polar surface area (TPSA) is 113 Å². The second-order valence-corrected chi connectivity index (χ2v) is 6.36. The molecule has 0 aromatic rings. The zero-order valence-electron chi connectivity index (χ0n) is 10.5. The number of sulfone groups is 1. The van der Waals surface area contributed by atoms with Crippen molar-refractivity contribution in [2.75, 3.05) is 25.1 Å². The van der Waals surface area contributed by atoms with Crippen molar-refractivity contribution in [2.45, 2.75) is 18.6 Å². The molecule has 0 rings (SSSR count). The minimum Gasteiger partial charge on any atom is -0.480 e. The average Bonchev–Trinajstić information content (AvgIpc) is 2.20. The molecule has 3 N–H and O–H groups in total. The molecule has 0 saturated carbocycles. The second-order valence-electron chi connectivity index (χ2n) is 4.10. The highest BCUT2D eigenvalue weighted by molar-refractivity contribution is 7.90. The second kappa shape index (κ2) is 7.43. The van der Waals surface area contributed by atoms with E-state index in [1.165, 1.54) is 0 Å². The van der Waals surface area contributed by atoms with Gasteiger partial charge in [0.25, 0.3) is 0 Å². The number of halogens is 3. The smallest absolute Gasteiger partial charge is 0.401 e. The van der Waals surface area contributed by atoms with Crippen molar-refractivity contribution in [1.29, 1.82) is 0 Å². The van der Waals surface area contributed by atoms with E-state index in [4.69, 9.17) is 5.11 Å². The molecule has 0 saturated heterocycles. The third-order valence-corrected chi connectivity index (χ3v) is 3.00. The molecule has 11 heteroatoms. The maximum absolute atomic E-state index is 11.8. The number of alkyl halides is 3. The van der Waals surface area contributed by atoms with E-state index in [1.54, 1.807) is 5.32 Å². The molecule has 0 aliphatic heterocycles. The number of rotatable bonds is 8. The average molecular weight is 320 g/mol. The summed E-state index contributed by atoms with van der Waals surface area (Å²) in [5.74, 6) is -2.88. The van der Waals surface area contributed by atoms with Crippen molar-refractivity contribution < 1.29 is 36.3 Å². The SMILES string of the molecule is CS(=O)(=O)CCC(NC(=O)CNCC(F)(F)F)C(=O)O. The zero-order valence-corrected chi connectivity index (χ0v) is 11.3.